The Hall–Kier alpha value is -4.62. The Labute approximate surface area is 252 Å². The van der Waals surface area contributed by atoms with Gasteiger partial charge in [0.05, 0.1) is 80.8 Å². The highest BCUT2D eigenvalue weighted by atomic mass is 32.1. The van der Waals surface area contributed by atoms with Crippen LogP contribution in [0.15, 0.2) is 61.2 Å². The number of thiazole rings is 1. The molecular formula is C30H30FN9O2S. The molecule has 0 spiro atoms. The minimum atomic E-state index is -0.486. The van der Waals surface area contributed by atoms with Crippen molar-refractivity contribution < 1.29 is 13.9 Å². The standard InChI is InChI=1S/C30H30FN9O2S/c1-41-24-6-2-20(3-7-24)18-40-28-25(17-35-40)27-26(43-30(36-27)37-29-33-14-21(31)15-34-29)8-9-39(28)19-22-4-5-23(16-32-22)38-10-12-42-13-11-38/h2-7,14-17H,8-13,18-19H2,1H3,(H,33,34,36,37). The molecule has 2 aliphatic heterocycles. The first-order valence-corrected chi connectivity index (χ1v) is 14.9. The van der Waals surface area contributed by atoms with E-state index in [4.69, 9.17) is 24.5 Å². The lowest BCUT2D eigenvalue weighted by molar-refractivity contribution is 0.122. The number of nitrogens with one attached hydrogen (secondary N) is 1. The molecule has 4 aromatic heterocycles. The fourth-order valence-electron chi connectivity index (χ4n) is 5.37. The average Bonchev–Trinajstić information content (AvgIpc) is 3.61. The maximum absolute atomic E-state index is 13.3. The van der Waals surface area contributed by atoms with E-state index in [-0.39, 0.29) is 0 Å². The van der Waals surface area contributed by atoms with Gasteiger partial charge in [0.1, 0.15) is 11.6 Å². The topological polar surface area (TPSA) is 106 Å². The van der Waals surface area contributed by atoms with Crippen molar-refractivity contribution in [1.82, 2.24) is 29.7 Å². The fourth-order valence-corrected chi connectivity index (χ4v) is 6.33. The summed E-state index contributed by atoms with van der Waals surface area (Å²) >= 11 is 1.55. The molecule has 11 nitrogen and oxygen atoms in total. The number of pyridine rings is 1. The van der Waals surface area contributed by atoms with Crippen molar-refractivity contribution in [3.8, 4) is 17.0 Å². The van der Waals surface area contributed by atoms with Gasteiger partial charge in [-0.15, -0.1) is 11.3 Å². The SMILES string of the molecule is COc1ccc(Cn2ncc3c2N(Cc2ccc(N4CCOCC4)cn2)CCc2sc(Nc4ncc(F)cn4)nc2-3)cc1. The Morgan fingerprint density at radius 1 is 0.953 bits per heavy atom. The van der Waals surface area contributed by atoms with E-state index in [2.05, 4.69) is 49.4 Å². The molecule has 0 saturated carbocycles. The second-order valence-corrected chi connectivity index (χ2v) is 11.4. The average molecular weight is 600 g/mol. The number of nitrogens with zero attached hydrogens (tertiary/aromatic N) is 8. The summed E-state index contributed by atoms with van der Waals surface area (Å²) in [5.74, 6) is 1.62. The van der Waals surface area contributed by atoms with E-state index in [0.717, 1.165) is 96.3 Å². The van der Waals surface area contributed by atoms with Gasteiger partial charge < -0.3 is 24.6 Å². The molecule has 43 heavy (non-hydrogen) atoms. The summed E-state index contributed by atoms with van der Waals surface area (Å²) in [5, 5.41) is 8.61. The van der Waals surface area contributed by atoms with Crippen molar-refractivity contribution in [2.75, 3.05) is 55.1 Å². The van der Waals surface area contributed by atoms with Crippen LogP contribution in [0.2, 0.25) is 0 Å². The first-order chi connectivity index (χ1) is 21.1. The molecule has 1 aromatic carbocycles. The third-order valence-electron chi connectivity index (χ3n) is 7.54. The lowest BCUT2D eigenvalue weighted by Crippen LogP contribution is -2.36. The molecule has 0 aliphatic carbocycles. The number of hydrogen-bond acceptors (Lipinski definition) is 11. The molecule has 7 rings (SSSR count). The zero-order valence-electron chi connectivity index (χ0n) is 23.6. The number of halogens is 1. The van der Waals surface area contributed by atoms with Gasteiger partial charge in [-0.1, -0.05) is 12.1 Å². The van der Waals surface area contributed by atoms with Crippen LogP contribution >= 0.6 is 11.3 Å². The normalized spacial score (nSPS) is 14.7. The molecule has 1 fully saturated rings. The van der Waals surface area contributed by atoms with Crippen LogP contribution in [0.25, 0.3) is 11.3 Å². The molecular weight excluding hydrogens is 569 g/mol. The lowest BCUT2D eigenvalue weighted by atomic mass is 10.2. The van der Waals surface area contributed by atoms with Crippen LogP contribution in [0.3, 0.4) is 0 Å². The molecule has 13 heteroatoms. The predicted octanol–water partition coefficient (Wildman–Crippen LogP) is 4.53. The summed E-state index contributed by atoms with van der Waals surface area (Å²) in [5.41, 5.74) is 5.04. The monoisotopic (exact) mass is 599 g/mol. The van der Waals surface area contributed by atoms with Crippen LogP contribution in [0.1, 0.15) is 16.1 Å². The number of morpholine rings is 1. The molecule has 0 bridgehead atoms. The van der Waals surface area contributed by atoms with Gasteiger partial charge in [0, 0.05) is 30.9 Å². The number of fused-ring (bicyclic) bond motifs is 3. The third-order valence-corrected chi connectivity index (χ3v) is 8.57. The molecule has 2 aliphatic rings. The van der Waals surface area contributed by atoms with Crippen molar-refractivity contribution in [1.29, 1.82) is 0 Å². The molecule has 1 N–H and O–H groups in total. The van der Waals surface area contributed by atoms with Gasteiger partial charge in [0.25, 0.3) is 0 Å². The van der Waals surface area contributed by atoms with Gasteiger partial charge in [-0.25, -0.2) is 24.0 Å². The fraction of sp³-hybridized carbons (Fsp3) is 0.300. The molecule has 220 valence electrons. The maximum Gasteiger partial charge on any atom is 0.229 e. The molecule has 0 unspecified atom stereocenters. The number of benzene rings is 1. The summed E-state index contributed by atoms with van der Waals surface area (Å²) in [7, 11) is 1.67. The summed E-state index contributed by atoms with van der Waals surface area (Å²) < 4.78 is 26.2. The largest absolute Gasteiger partial charge is 0.497 e. The van der Waals surface area contributed by atoms with Gasteiger partial charge in [-0.3, -0.25) is 4.98 Å². The summed E-state index contributed by atoms with van der Waals surface area (Å²) in [6.07, 6.45) is 6.91. The Morgan fingerprint density at radius 3 is 2.51 bits per heavy atom. The van der Waals surface area contributed by atoms with E-state index in [1.165, 1.54) is 0 Å². The zero-order valence-corrected chi connectivity index (χ0v) is 24.4. The summed E-state index contributed by atoms with van der Waals surface area (Å²) in [4.78, 5) is 23.6. The molecule has 0 atom stereocenters. The smallest absolute Gasteiger partial charge is 0.229 e. The van der Waals surface area contributed by atoms with Gasteiger partial charge in [0.2, 0.25) is 5.95 Å². The van der Waals surface area contributed by atoms with Gasteiger partial charge >= 0.3 is 0 Å². The molecule has 5 aromatic rings. The lowest BCUT2D eigenvalue weighted by Gasteiger charge is -2.29. The summed E-state index contributed by atoms with van der Waals surface area (Å²) in [6.45, 7) is 5.21. The first-order valence-electron chi connectivity index (χ1n) is 14.1. The second kappa shape index (κ2) is 11.9. The van der Waals surface area contributed by atoms with Crippen LogP contribution in [-0.4, -0.2) is 69.7 Å². The summed E-state index contributed by atoms with van der Waals surface area (Å²) in [6, 6.07) is 12.3. The Kier molecular flexibility index (Phi) is 7.56. The Morgan fingerprint density at radius 2 is 1.77 bits per heavy atom. The number of methoxy groups -OCH3 is 1. The quantitative estimate of drug-likeness (QED) is 0.273. The molecule has 6 heterocycles. The highest BCUT2D eigenvalue weighted by Crippen LogP contribution is 2.41. The zero-order chi connectivity index (χ0) is 29.2. The Bertz CT molecular complexity index is 1680. The van der Waals surface area contributed by atoms with Gasteiger partial charge in [0.15, 0.2) is 10.9 Å². The molecule has 0 radical (unpaired) electrons. The van der Waals surface area contributed by atoms with E-state index in [9.17, 15) is 4.39 Å². The highest BCUT2D eigenvalue weighted by Gasteiger charge is 2.28. The number of ether oxygens (including phenoxy) is 2. The van der Waals surface area contributed by atoms with E-state index < -0.39 is 5.82 Å². The maximum atomic E-state index is 13.3. The third kappa shape index (κ3) is 5.86. The minimum absolute atomic E-state index is 0.300. The van der Waals surface area contributed by atoms with Crippen LogP contribution in [0.5, 0.6) is 5.75 Å². The van der Waals surface area contributed by atoms with Gasteiger partial charge in [-0.05, 0) is 29.8 Å². The van der Waals surface area contributed by atoms with Crippen molar-refractivity contribution in [2.24, 2.45) is 0 Å². The number of hydrogen-bond donors (Lipinski definition) is 1. The van der Waals surface area contributed by atoms with Crippen LogP contribution in [0.4, 0.5) is 27.0 Å². The predicted molar refractivity (Wildman–Crippen MR) is 163 cm³/mol. The van der Waals surface area contributed by atoms with E-state index in [1.54, 1.807) is 18.4 Å². The van der Waals surface area contributed by atoms with Crippen LogP contribution < -0.4 is 19.9 Å². The van der Waals surface area contributed by atoms with E-state index in [0.29, 0.717) is 24.2 Å². The molecule has 1 saturated heterocycles. The Balaban J connectivity index is 1.20. The number of aromatic nitrogens is 6. The van der Waals surface area contributed by atoms with Crippen molar-refractivity contribution in [3.63, 3.8) is 0 Å². The first kappa shape index (κ1) is 27.2. The van der Waals surface area contributed by atoms with Crippen molar-refractivity contribution in [3.05, 3.63) is 83.1 Å². The van der Waals surface area contributed by atoms with Crippen LogP contribution in [0, 0.1) is 5.82 Å². The van der Waals surface area contributed by atoms with Gasteiger partial charge in [-0.2, -0.15) is 5.10 Å². The highest BCUT2D eigenvalue weighted by molar-refractivity contribution is 7.16. The van der Waals surface area contributed by atoms with E-state index >= 15 is 0 Å². The number of rotatable bonds is 8. The molecule has 0 amide bonds. The van der Waals surface area contributed by atoms with Crippen molar-refractivity contribution >= 4 is 33.9 Å². The minimum Gasteiger partial charge on any atom is -0.497 e. The van der Waals surface area contributed by atoms with E-state index in [1.807, 2.05) is 29.2 Å². The van der Waals surface area contributed by atoms with Crippen molar-refractivity contribution in [2.45, 2.75) is 19.5 Å². The van der Waals surface area contributed by atoms with Crippen LogP contribution in [-0.2, 0) is 24.2 Å². The number of anilines is 4. The second-order valence-electron chi connectivity index (χ2n) is 10.3.